The Balaban J connectivity index is 1.24. The minimum atomic E-state index is -0.259. The van der Waals surface area contributed by atoms with E-state index in [0.29, 0.717) is 21.8 Å². The molecule has 0 bridgehead atoms. The standard InChI is InChI=1S/C22H23N9O3S3/c1-33-16-9-8-15(10-17(16)34-2)11-24-26-19-27-29-21(31(19)23)35-13-18(32)25-20-28-30-22(37-20)36-12-14-6-4-3-5-7-14/h3-11H,12-13,23H2,1-2H3,(H,26,27)(H,25,28,32)/b24-11+. The number of anilines is 2. The second kappa shape index (κ2) is 12.9. The van der Waals surface area contributed by atoms with Crippen molar-refractivity contribution in [3.8, 4) is 11.5 Å². The van der Waals surface area contributed by atoms with E-state index in [1.807, 2.05) is 24.3 Å². The molecular weight excluding hydrogens is 535 g/mol. The number of carbonyl (C=O) groups excluding carboxylic acids is 1. The lowest BCUT2D eigenvalue weighted by Crippen LogP contribution is -2.16. The van der Waals surface area contributed by atoms with Gasteiger partial charge < -0.3 is 15.3 Å². The van der Waals surface area contributed by atoms with Crippen molar-refractivity contribution in [2.24, 2.45) is 5.10 Å². The normalized spacial score (nSPS) is 11.0. The zero-order valence-electron chi connectivity index (χ0n) is 19.8. The summed E-state index contributed by atoms with van der Waals surface area (Å²) in [5.41, 5.74) is 4.70. The molecular formula is C22H23N9O3S3. The van der Waals surface area contributed by atoms with E-state index in [1.54, 1.807) is 44.3 Å². The molecule has 4 rings (SSSR count). The lowest BCUT2D eigenvalue weighted by molar-refractivity contribution is -0.113. The maximum Gasteiger partial charge on any atom is 0.264 e. The van der Waals surface area contributed by atoms with Gasteiger partial charge in [-0.15, -0.1) is 20.4 Å². The molecule has 0 saturated heterocycles. The molecule has 0 aliphatic rings. The number of hydrazone groups is 1. The molecule has 0 saturated carbocycles. The van der Waals surface area contributed by atoms with Crippen LogP contribution in [0.4, 0.5) is 11.1 Å². The zero-order valence-corrected chi connectivity index (χ0v) is 22.3. The molecule has 2 heterocycles. The highest BCUT2D eigenvalue weighted by Crippen LogP contribution is 2.29. The number of carbonyl (C=O) groups is 1. The summed E-state index contributed by atoms with van der Waals surface area (Å²) in [6, 6.07) is 15.4. The molecule has 4 N–H and O–H groups in total. The minimum absolute atomic E-state index is 0.0658. The van der Waals surface area contributed by atoms with Crippen LogP contribution in [0, 0.1) is 0 Å². The van der Waals surface area contributed by atoms with Crippen molar-refractivity contribution in [1.82, 2.24) is 25.1 Å². The second-order valence-electron chi connectivity index (χ2n) is 7.14. The van der Waals surface area contributed by atoms with Crippen LogP contribution in [-0.2, 0) is 10.5 Å². The third kappa shape index (κ3) is 7.34. The smallest absolute Gasteiger partial charge is 0.264 e. The molecule has 4 aromatic rings. The predicted molar refractivity (Wildman–Crippen MR) is 146 cm³/mol. The number of nitrogens with zero attached hydrogens (tertiary/aromatic N) is 6. The Labute approximate surface area is 225 Å². The van der Waals surface area contributed by atoms with Crippen LogP contribution >= 0.6 is 34.9 Å². The highest BCUT2D eigenvalue weighted by atomic mass is 32.2. The first-order chi connectivity index (χ1) is 18.1. The van der Waals surface area contributed by atoms with Gasteiger partial charge in [0.2, 0.25) is 16.2 Å². The fraction of sp³-hybridized carbons (Fsp3) is 0.182. The van der Waals surface area contributed by atoms with Crippen LogP contribution in [0.25, 0.3) is 0 Å². The first-order valence-corrected chi connectivity index (χ1v) is 13.5. The van der Waals surface area contributed by atoms with Gasteiger partial charge in [-0.1, -0.05) is 65.2 Å². The van der Waals surface area contributed by atoms with Gasteiger partial charge in [0.25, 0.3) is 5.95 Å². The predicted octanol–water partition coefficient (Wildman–Crippen LogP) is 3.33. The Bertz CT molecular complexity index is 1360. The number of nitrogens with two attached hydrogens (primary N) is 1. The van der Waals surface area contributed by atoms with E-state index in [0.717, 1.165) is 27.4 Å². The number of nitrogen functional groups attached to an aromatic ring is 1. The monoisotopic (exact) mass is 557 g/mol. The van der Waals surface area contributed by atoms with E-state index in [2.05, 4.69) is 48.4 Å². The van der Waals surface area contributed by atoms with Gasteiger partial charge in [0.05, 0.1) is 26.2 Å². The van der Waals surface area contributed by atoms with Gasteiger partial charge in [-0.2, -0.15) is 5.10 Å². The van der Waals surface area contributed by atoms with Crippen LogP contribution < -0.4 is 26.1 Å². The lowest BCUT2D eigenvalue weighted by Gasteiger charge is -2.07. The van der Waals surface area contributed by atoms with Crippen LogP contribution in [0.5, 0.6) is 11.5 Å². The van der Waals surface area contributed by atoms with Crippen molar-refractivity contribution >= 4 is 58.1 Å². The number of aromatic nitrogens is 5. The largest absolute Gasteiger partial charge is 0.493 e. The van der Waals surface area contributed by atoms with Gasteiger partial charge in [-0.05, 0) is 29.3 Å². The van der Waals surface area contributed by atoms with Gasteiger partial charge in [0.1, 0.15) is 0 Å². The second-order valence-corrected chi connectivity index (χ2v) is 10.3. The molecule has 0 aliphatic carbocycles. The Hall–Kier alpha value is -3.82. The first-order valence-electron chi connectivity index (χ1n) is 10.7. The molecule has 0 radical (unpaired) electrons. The number of thioether (sulfide) groups is 2. The summed E-state index contributed by atoms with van der Waals surface area (Å²) < 4.78 is 12.5. The van der Waals surface area contributed by atoms with Crippen molar-refractivity contribution < 1.29 is 14.3 Å². The van der Waals surface area contributed by atoms with E-state index in [4.69, 9.17) is 15.3 Å². The molecule has 192 valence electrons. The maximum atomic E-state index is 12.4. The Morgan fingerprint density at radius 2 is 1.89 bits per heavy atom. The first kappa shape index (κ1) is 26.2. The number of hydrogen-bond donors (Lipinski definition) is 3. The summed E-state index contributed by atoms with van der Waals surface area (Å²) in [5.74, 6) is 8.03. The molecule has 12 nitrogen and oxygen atoms in total. The zero-order chi connectivity index (χ0) is 26.0. The molecule has 2 aromatic heterocycles. The van der Waals surface area contributed by atoms with Crippen molar-refractivity contribution in [3.63, 3.8) is 0 Å². The van der Waals surface area contributed by atoms with E-state index in [1.165, 1.54) is 21.6 Å². The van der Waals surface area contributed by atoms with E-state index >= 15 is 0 Å². The summed E-state index contributed by atoms with van der Waals surface area (Å²) in [6.07, 6.45) is 1.57. The number of benzene rings is 2. The van der Waals surface area contributed by atoms with Gasteiger partial charge in [-0.25, -0.2) is 10.1 Å². The van der Waals surface area contributed by atoms with E-state index in [-0.39, 0.29) is 17.6 Å². The van der Waals surface area contributed by atoms with E-state index < -0.39 is 0 Å². The molecule has 2 aromatic carbocycles. The average molecular weight is 558 g/mol. The summed E-state index contributed by atoms with van der Waals surface area (Å²) in [7, 11) is 3.13. The number of methoxy groups -OCH3 is 2. The topological polar surface area (TPSA) is 154 Å². The van der Waals surface area contributed by atoms with E-state index in [9.17, 15) is 4.79 Å². The summed E-state index contributed by atoms with van der Waals surface area (Å²) in [4.78, 5) is 12.4. The molecule has 1 amide bonds. The van der Waals surface area contributed by atoms with Crippen LogP contribution in [-0.4, -0.2) is 57.2 Å². The van der Waals surface area contributed by atoms with Crippen molar-refractivity contribution in [2.45, 2.75) is 15.2 Å². The van der Waals surface area contributed by atoms with Gasteiger partial charge >= 0.3 is 0 Å². The molecule has 37 heavy (non-hydrogen) atoms. The molecule has 0 atom stereocenters. The Morgan fingerprint density at radius 1 is 1.08 bits per heavy atom. The van der Waals surface area contributed by atoms with Crippen LogP contribution in [0.15, 0.2) is 63.1 Å². The number of ether oxygens (including phenoxy) is 2. The fourth-order valence-corrected chi connectivity index (χ4v) is 5.25. The molecule has 15 heteroatoms. The number of rotatable bonds is 12. The van der Waals surface area contributed by atoms with Crippen LogP contribution in [0.1, 0.15) is 11.1 Å². The highest BCUT2D eigenvalue weighted by molar-refractivity contribution is 8.00. The number of nitrogens with one attached hydrogen (secondary N) is 2. The van der Waals surface area contributed by atoms with Gasteiger partial charge in [0.15, 0.2) is 15.8 Å². The molecule has 0 unspecified atom stereocenters. The summed E-state index contributed by atoms with van der Waals surface area (Å²) in [6.45, 7) is 0. The van der Waals surface area contributed by atoms with Crippen molar-refractivity contribution in [1.29, 1.82) is 0 Å². The molecule has 0 aliphatic heterocycles. The summed E-state index contributed by atoms with van der Waals surface area (Å²) >= 11 is 4.02. The molecule has 0 fully saturated rings. The average Bonchev–Trinajstić information content (AvgIpc) is 3.52. The van der Waals surface area contributed by atoms with Crippen molar-refractivity contribution in [3.05, 3.63) is 59.7 Å². The minimum Gasteiger partial charge on any atom is -0.493 e. The Kier molecular flexibility index (Phi) is 9.18. The third-order valence-corrected chi connectivity index (χ3v) is 7.63. The van der Waals surface area contributed by atoms with Crippen LogP contribution in [0.2, 0.25) is 0 Å². The number of amides is 1. The maximum absolute atomic E-state index is 12.4. The van der Waals surface area contributed by atoms with Gasteiger partial charge in [-0.3, -0.25) is 10.1 Å². The summed E-state index contributed by atoms with van der Waals surface area (Å²) in [5, 5.41) is 23.8. The Morgan fingerprint density at radius 3 is 2.68 bits per heavy atom. The number of hydrogen-bond acceptors (Lipinski definition) is 13. The van der Waals surface area contributed by atoms with Gasteiger partial charge in [0, 0.05) is 5.75 Å². The fourth-order valence-electron chi connectivity index (χ4n) is 2.87. The SMILES string of the molecule is COc1ccc(/C=N/Nc2nnc(SCC(=O)Nc3nnc(SCc4ccccc4)s3)n2N)cc1OC. The highest BCUT2D eigenvalue weighted by Gasteiger charge is 2.14. The quantitative estimate of drug-likeness (QED) is 0.0772. The van der Waals surface area contributed by atoms with Crippen molar-refractivity contribution in [2.75, 3.05) is 36.6 Å². The third-order valence-electron chi connectivity index (χ3n) is 4.64. The lowest BCUT2D eigenvalue weighted by atomic mass is 10.2. The van der Waals surface area contributed by atoms with Crippen LogP contribution in [0.3, 0.4) is 0 Å². The molecule has 0 spiro atoms.